The van der Waals surface area contributed by atoms with E-state index in [0.29, 0.717) is 24.9 Å². The lowest BCUT2D eigenvalue weighted by atomic mass is 9.77. The first-order valence-electron chi connectivity index (χ1n) is 14.7. The van der Waals surface area contributed by atoms with Gasteiger partial charge < -0.3 is 20.9 Å². The van der Waals surface area contributed by atoms with Gasteiger partial charge >= 0.3 is 5.97 Å². The molecule has 8 heteroatoms. The summed E-state index contributed by atoms with van der Waals surface area (Å²) >= 11 is 0. The number of carboxylic acid groups (broad SMARTS) is 1. The van der Waals surface area contributed by atoms with Crippen molar-refractivity contribution in [2.75, 3.05) is 13.7 Å². The number of methoxy groups -OCH3 is 1. The summed E-state index contributed by atoms with van der Waals surface area (Å²) in [6.45, 7) is 0.592. The van der Waals surface area contributed by atoms with Crippen molar-refractivity contribution >= 4 is 11.9 Å². The van der Waals surface area contributed by atoms with Crippen LogP contribution < -0.4 is 21.1 Å². The summed E-state index contributed by atoms with van der Waals surface area (Å²) in [5.74, 6) is -0.855. The molecule has 0 radical (unpaired) electrons. The van der Waals surface area contributed by atoms with Crippen LogP contribution in [0.1, 0.15) is 47.1 Å². The molecule has 0 aliphatic rings. The number of unbranched alkanes of at least 4 members (excludes halogenated alkanes) is 1. The van der Waals surface area contributed by atoms with Gasteiger partial charge in [0.2, 0.25) is 5.91 Å². The largest absolute Gasteiger partial charge is 0.497 e. The number of carboxylic acids is 1. The average molecular weight is 591 g/mol. The van der Waals surface area contributed by atoms with Gasteiger partial charge in [0.15, 0.2) is 0 Å². The minimum Gasteiger partial charge on any atom is -0.497 e. The van der Waals surface area contributed by atoms with Gasteiger partial charge in [0.1, 0.15) is 11.8 Å². The lowest BCUT2D eigenvalue weighted by Crippen LogP contribution is -2.49. The Labute approximate surface area is 258 Å². The number of nitrogens with zero attached hydrogens (tertiary/aromatic N) is 1. The van der Waals surface area contributed by atoms with Crippen LogP contribution in [-0.4, -0.2) is 42.7 Å². The molecule has 44 heavy (non-hydrogen) atoms. The normalized spacial score (nSPS) is 12.5. The van der Waals surface area contributed by atoms with Crippen LogP contribution >= 0.6 is 0 Å². The van der Waals surface area contributed by atoms with Crippen LogP contribution in [0.3, 0.4) is 0 Å². The van der Waals surface area contributed by atoms with E-state index in [0.717, 1.165) is 28.0 Å². The predicted octanol–water partition coefficient (Wildman–Crippen LogP) is 4.76. The molecule has 0 aliphatic carbocycles. The highest BCUT2D eigenvalue weighted by Crippen LogP contribution is 2.37. The van der Waals surface area contributed by atoms with Crippen LogP contribution in [0, 0.1) is 11.3 Å². The number of nitrogens with one attached hydrogen (secondary N) is 2. The summed E-state index contributed by atoms with van der Waals surface area (Å²) in [4.78, 5) is 24.8. The van der Waals surface area contributed by atoms with Gasteiger partial charge in [-0.15, -0.1) is 0 Å². The van der Waals surface area contributed by atoms with E-state index in [2.05, 4.69) is 47.0 Å². The third kappa shape index (κ3) is 7.90. The Morgan fingerprint density at radius 2 is 1.43 bits per heavy atom. The van der Waals surface area contributed by atoms with Gasteiger partial charge in [0, 0.05) is 0 Å². The van der Waals surface area contributed by atoms with E-state index in [1.54, 1.807) is 31.4 Å². The number of hydrogen-bond acceptors (Lipinski definition) is 6. The zero-order valence-electron chi connectivity index (χ0n) is 24.8. The number of amides is 1. The number of benzene rings is 4. The van der Waals surface area contributed by atoms with E-state index in [1.165, 1.54) is 0 Å². The summed E-state index contributed by atoms with van der Waals surface area (Å²) in [7, 11) is 1.64. The van der Waals surface area contributed by atoms with Crippen molar-refractivity contribution in [2.45, 2.75) is 43.3 Å². The topological polar surface area (TPSA) is 137 Å². The number of nitriles is 1. The van der Waals surface area contributed by atoms with Gasteiger partial charge in [0.05, 0.1) is 30.3 Å². The highest BCUT2D eigenvalue weighted by Gasteiger charge is 2.35. The van der Waals surface area contributed by atoms with Gasteiger partial charge in [0.25, 0.3) is 0 Å². The standard InChI is InChI=1S/C36H38N4O4/c1-44-31-21-19-30(20-22-31)36(28-10-4-2-5-11-28,29-12-6-3-7-13-29)39-23-9-8-14-33(35(42)43)40-34(41)32(38)24-26-15-17-27(25-37)18-16-26/h2-7,10-13,15-22,32-33,39H,8-9,14,23-24,38H2,1H3,(H,40,41)(H,42,43). The second kappa shape index (κ2) is 15.5. The minimum absolute atomic E-state index is 0.236. The zero-order valence-corrected chi connectivity index (χ0v) is 24.8. The maximum atomic E-state index is 12.7. The summed E-state index contributed by atoms with van der Waals surface area (Å²) in [5, 5.41) is 25.2. The second-order valence-electron chi connectivity index (χ2n) is 10.7. The van der Waals surface area contributed by atoms with Gasteiger partial charge in [-0.2, -0.15) is 5.26 Å². The Kier molecular flexibility index (Phi) is 11.2. The van der Waals surface area contributed by atoms with Crippen LogP contribution in [0.15, 0.2) is 109 Å². The molecule has 4 rings (SSSR count). The number of hydrogen-bond donors (Lipinski definition) is 4. The molecule has 226 valence electrons. The fourth-order valence-corrected chi connectivity index (χ4v) is 5.37. The summed E-state index contributed by atoms with van der Waals surface area (Å²) < 4.78 is 5.41. The molecule has 2 atom stereocenters. The molecule has 0 bridgehead atoms. The third-order valence-electron chi connectivity index (χ3n) is 7.74. The molecular weight excluding hydrogens is 552 g/mol. The fourth-order valence-electron chi connectivity index (χ4n) is 5.37. The number of carbonyl (C=O) groups excluding carboxylic acids is 1. The number of carbonyl (C=O) groups is 2. The Hall–Kier alpha value is -4.97. The van der Waals surface area contributed by atoms with Crippen LogP contribution in [-0.2, 0) is 21.5 Å². The van der Waals surface area contributed by atoms with E-state index >= 15 is 0 Å². The molecule has 0 spiro atoms. The molecule has 0 saturated carbocycles. The molecular formula is C36H38N4O4. The molecule has 0 heterocycles. The highest BCUT2D eigenvalue weighted by atomic mass is 16.5. The van der Waals surface area contributed by atoms with E-state index in [-0.39, 0.29) is 12.8 Å². The van der Waals surface area contributed by atoms with Crippen LogP contribution in [0.5, 0.6) is 5.75 Å². The van der Waals surface area contributed by atoms with Crippen LogP contribution in [0.4, 0.5) is 0 Å². The Bertz CT molecular complexity index is 1500. The first kappa shape index (κ1) is 32.0. The molecule has 2 unspecified atom stereocenters. The lowest BCUT2D eigenvalue weighted by Gasteiger charge is -2.37. The molecule has 0 fully saturated rings. The summed E-state index contributed by atoms with van der Waals surface area (Å²) in [5.41, 5.74) is 9.93. The van der Waals surface area contributed by atoms with Crippen molar-refractivity contribution in [1.82, 2.24) is 10.6 Å². The van der Waals surface area contributed by atoms with Crippen molar-refractivity contribution in [3.63, 3.8) is 0 Å². The molecule has 0 saturated heterocycles. The van der Waals surface area contributed by atoms with E-state index in [9.17, 15) is 14.7 Å². The quantitative estimate of drug-likeness (QED) is 0.116. The molecule has 1 amide bonds. The Morgan fingerprint density at radius 1 is 0.864 bits per heavy atom. The first-order chi connectivity index (χ1) is 21.4. The monoisotopic (exact) mass is 590 g/mol. The molecule has 0 aromatic heterocycles. The first-order valence-corrected chi connectivity index (χ1v) is 14.7. The van der Waals surface area contributed by atoms with Gasteiger partial charge in [-0.25, -0.2) is 4.79 Å². The second-order valence-corrected chi connectivity index (χ2v) is 10.7. The molecule has 8 nitrogen and oxygen atoms in total. The predicted molar refractivity (Wildman–Crippen MR) is 170 cm³/mol. The Balaban J connectivity index is 1.43. The molecule has 4 aromatic rings. The minimum atomic E-state index is -1.10. The zero-order chi connectivity index (χ0) is 31.4. The number of nitrogens with two attached hydrogens (primary N) is 1. The highest BCUT2D eigenvalue weighted by molar-refractivity contribution is 5.87. The van der Waals surface area contributed by atoms with Crippen molar-refractivity contribution in [1.29, 1.82) is 5.26 Å². The smallest absolute Gasteiger partial charge is 0.326 e. The number of aliphatic carboxylic acids is 1. The van der Waals surface area contributed by atoms with Crippen LogP contribution in [0.2, 0.25) is 0 Å². The summed E-state index contributed by atoms with van der Waals surface area (Å²) in [6, 6.07) is 35.3. The van der Waals surface area contributed by atoms with E-state index in [4.69, 9.17) is 15.7 Å². The number of ether oxygens (including phenoxy) is 1. The molecule has 0 aliphatic heterocycles. The summed E-state index contributed by atoms with van der Waals surface area (Å²) in [6.07, 6.45) is 1.74. The molecule has 5 N–H and O–H groups in total. The van der Waals surface area contributed by atoms with Crippen molar-refractivity contribution in [3.05, 3.63) is 137 Å². The molecule has 4 aromatic carbocycles. The SMILES string of the molecule is COc1ccc(C(NCCCCC(NC(=O)C(N)Cc2ccc(C#N)cc2)C(=O)O)(c2ccccc2)c2ccccc2)cc1. The third-order valence-corrected chi connectivity index (χ3v) is 7.74. The maximum absolute atomic E-state index is 12.7. The van der Waals surface area contributed by atoms with E-state index < -0.39 is 29.5 Å². The maximum Gasteiger partial charge on any atom is 0.326 e. The van der Waals surface area contributed by atoms with Gasteiger partial charge in [-0.1, -0.05) is 84.9 Å². The van der Waals surface area contributed by atoms with Gasteiger partial charge in [-0.05, 0) is 78.7 Å². The van der Waals surface area contributed by atoms with Crippen molar-refractivity contribution in [2.24, 2.45) is 5.73 Å². The fraction of sp³-hybridized carbons (Fsp3) is 0.250. The van der Waals surface area contributed by atoms with Crippen molar-refractivity contribution in [3.8, 4) is 11.8 Å². The van der Waals surface area contributed by atoms with Crippen molar-refractivity contribution < 1.29 is 19.4 Å². The van der Waals surface area contributed by atoms with E-state index in [1.807, 2.05) is 54.6 Å². The van der Waals surface area contributed by atoms with Crippen LogP contribution in [0.25, 0.3) is 0 Å². The number of rotatable bonds is 15. The Morgan fingerprint density at radius 3 is 1.95 bits per heavy atom. The lowest BCUT2D eigenvalue weighted by molar-refractivity contribution is -0.142. The average Bonchev–Trinajstić information content (AvgIpc) is 3.07. The van der Waals surface area contributed by atoms with Gasteiger partial charge in [-0.3, -0.25) is 10.1 Å².